The van der Waals surface area contributed by atoms with Gasteiger partial charge in [0, 0.05) is 18.1 Å². The maximum absolute atomic E-state index is 4.10. The van der Waals surface area contributed by atoms with Gasteiger partial charge in [-0.05, 0) is 45.3 Å². The summed E-state index contributed by atoms with van der Waals surface area (Å²) < 4.78 is 3.96. The van der Waals surface area contributed by atoms with Crippen LogP contribution in [0.5, 0.6) is 0 Å². The zero-order valence-electron chi connectivity index (χ0n) is 9.15. The van der Waals surface area contributed by atoms with Gasteiger partial charge in [-0.2, -0.15) is 4.37 Å². The monoisotopic (exact) mass is 226 g/mol. The largest absolute Gasteiger partial charge is 0.360 e. The van der Waals surface area contributed by atoms with Crippen molar-refractivity contribution in [3.63, 3.8) is 0 Å². The summed E-state index contributed by atoms with van der Waals surface area (Å²) in [5, 5.41) is 4.26. The third kappa shape index (κ3) is 3.43. The van der Waals surface area contributed by atoms with Gasteiger partial charge in [0.1, 0.15) is 6.33 Å². The smallest absolute Gasteiger partial charge is 0.202 e. The molecule has 1 fully saturated rings. The zero-order valence-corrected chi connectivity index (χ0v) is 9.96. The summed E-state index contributed by atoms with van der Waals surface area (Å²) in [4.78, 5) is 6.51. The molecule has 0 bridgehead atoms. The van der Waals surface area contributed by atoms with Gasteiger partial charge in [-0.1, -0.05) is 0 Å². The van der Waals surface area contributed by atoms with E-state index >= 15 is 0 Å². The summed E-state index contributed by atoms with van der Waals surface area (Å²) in [6.07, 6.45) is 5.54. The molecule has 0 atom stereocenters. The van der Waals surface area contributed by atoms with Crippen molar-refractivity contribution < 1.29 is 0 Å². The van der Waals surface area contributed by atoms with Gasteiger partial charge >= 0.3 is 0 Å². The molecule has 4 nitrogen and oxygen atoms in total. The van der Waals surface area contributed by atoms with Crippen LogP contribution in [0.4, 0.5) is 5.13 Å². The Morgan fingerprint density at radius 2 is 2.33 bits per heavy atom. The number of hydrogen-bond acceptors (Lipinski definition) is 5. The van der Waals surface area contributed by atoms with Crippen LogP contribution >= 0.6 is 11.5 Å². The van der Waals surface area contributed by atoms with Crippen LogP contribution in [0.25, 0.3) is 0 Å². The lowest BCUT2D eigenvalue weighted by molar-refractivity contribution is 0.215. The zero-order chi connectivity index (χ0) is 10.5. The van der Waals surface area contributed by atoms with Crippen LogP contribution in [0.1, 0.15) is 19.3 Å². The van der Waals surface area contributed by atoms with E-state index in [1.165, 1.54) is 43.9 Å². The van der Waals surface area contributed by atoms with E-state index in [0.717, 1.165) is 17.6 Å². The van der Waals surface area contributed by atoms with Gasteiger partial charge in [0.2, 0.25) is 5.13 Å². The molecule has 1 aliphatic heterocycles. The number of likely N-dealkylation sites (tertiary alicyclic amines) is 1. The second kappa shape index (κ2) is 5.42. The summed E-state index contributed by atoms with van der Waals surface area (Å²) >= 11 is 1.43. The van der Waals surface area contributed by atoms with E-state index in [1.54, 1.807) is 6.33 Å². The number of piperidine rings is 1. The van der Waals surface area contributed by atoms with E-state index < -0.39 is 0 Å². The Balaban J connectivity index is 1.62. The second-order valence-electron chi connectivity index (χ2n) is 4.21. The minimum absolute atomic E-state index is 0.890. The highest BCUT2D eigenvalue weighted by molar-refractivity contribution is 7.09. The van der Waals surface area contributed by atoms with Crippen molar-refractivity contribution in [2.75, 3.05) is 32.0 Å². The molecule has 0 radical (unpaired) electrons. The van der Waals surface area contributed by atoms with Crippen LogP contribution < -0.4 is 5.32 Å². The van der Waals surface area contributed by atoms with Crippen LogP contribution in [-0.4, -0.2) is 40.9 Å². The highest BCUT2D eigenvalue weighted by Crippen LogP contribution is 2.19. The molecule has 1 aromatic rings. The van der Waals surface area contributed by atoms with Crippen molar-refractivity contribution in [2.45, 2.75) is 19.3 Å². The highest BCUT2D eigenvalue weighted by atomic mass is 32.1. The molecule has 0 amide bonds. The number of anilines is 1. The predicted molar refractivity (Wildman–Crippen MR) is 63.2 cm³/mol. The molecular weight excluding hydrogens is 208 g/mol. The fourth-order valence-corrected chi connectivity index (χ4v) is 2.44. The van der Waals surface area contributed by atoms with Crippen molar-refractivity contribution in [3.8, 4) is 0 Å². The third-order valence-corrected chi connectivity index (χ3v) is 3.65. The van der Waals surface area contributed by atoms with E-state index in [1.807, 2.05) is 0 Å². The van der Waals surface area contributed by atoms with Gasteiger partial charge in [-0.15, -0.1) is 0 Å². The number of rotatable bonds is 4. The minimum atomic E-state index is 0.890. The SMILES string of the molecule is CN1CCC(CCNc2ncns2)CC1. The van der Waals surface area contributed by atoms with E-state index in [0.29, 0.717) is 0 Å². The van der Waals surface area contributed by atoms with E-state index in [9.17, 15) is 0 Å². The molecule has 0 unspecified atom stereocenters. The molecule has 5 heteroatoms. The predicted octanol–water partition coefficient (Wildman–Crippen LogP) is 1.68. The summed E-state index contributed by atoms with van der Waals surface area (Å²) in [6.45, 7) is 3.54. The molecule has 2 heterocycles. The standard InChI is InChI=1S/C10H18N4S/c1-14-6-3-9(4-7-14)2-5-11-10-12-8-13-15-10/h8-9H,2-7H2,1H3,(H,11,12,13). The molecule has 2 rings (SSSR count). The van der Waals surface area contributed by atoms with Gasteiger partial charge in [-0.25, -0.2) is 4.98 Å². The van der Waals surface area contributed by atoms with Crippen molar-refractivity contribution in [1.29, 1.82) is 0 Å². The fraction of sp³-hybridized carbons (Fsp3) is 0.800. The Kier molecular flexibility index (Phi) is 3.91. The summed E-state index contributed by atoms with van der Waals surface area (Å²) in [7, 11) is 2.20. The molecule has 1 aromatic heterocycles. The lowest BCUT2D eigenvalue weighted by Crippen LogP contribution is -2.30. The number of nitrogens with one attached hydrogen (secondary N) is 1. The Hall–Kier alpha value is -0.680. The van der Waals surface area contributed by atoms with Gasteiger partial charge in [0.05, 0.1) is 0 Å². The van der Waals surface area contributed by atoms with Gasteiger partial charge in [-0.3, -0.25) is 0 Å². The van der Waals surface area contributed by atoms with Crippen LogP contribution in [0.3, 0.4) is 0 Å². The first-order chi connectivity index (χ1) is 7.34. The second-order valence-corrected chi connectivity index (χ2v) is 4.99. The average Bonchev–Trinajstić information content (AvgIpc) is 2.74. The van der Waals surface area contributed by atoms with Crippen LogP contribution in [0.2, 0.25) is 0 Å². The Morgan fingerprint density at radius 3 is 3.00 bits per heavy atom. The molecule has 15 heavy (non-hydrogen) atoms. The van der Waals surface area contributed by atoms with Gasteiger partial charge < -0.3 is 10.2 Å². The Labute approximate surface area is 94.9 Å². The van der Waals surface area contributed by atoms with Gasteiger partial charge in [0.25, 0.3) is 0 Å². The number of aromatic nitrogens is 2. The molecular formula is C10H18N4S. The lowest BCUT2D eigenvalue weighted by atomic mass is 9.94. The lowest BCUT2D eigenvalue weighted by Gasteiger charge is -2.28. The molecule has 1 N–H and O–H groups in total. The van der Waals surface area contributed by atoms with Crippen molar-refractivity contribution in [3.05, 3.63) is 6.33 Å². The third-order valence-electron chi connectivity index (χ3n) is 3.03. The number of nitrogens with zero attached hydrogens (tertiary/aromatic N) is 3. The van der Waals surface area contributed by atoms with E-state index in [2.05, 4.69) is 26.6 Å². The first-order valence-corrected chi connectivity index (χ1v) is 6.31. The molecule has 0 aromatic carbocycles. The van der Waals surface area contributed by atoms with Crippen LogP contribution in [-0.2, 0) is 0 Å². The van der Waals surface area contributed by atoms with Crippen LogP contribution in [0.15, 0.2) is 6.33 Å². The Morgan fingerprint density at radius 1 is 1.53 bits per heavy atom. The molecule has 0 saturated carbocycles. The van der Waals surface area contributed by atoms with Crippen molar-refractivity contribution in [2.24, 2.45) is 5.92 Å². The quantitative estimate of drug-likeness (QED) is 0.848. The molecule has 84 valence electrons. The van der Waals surface area contributed by atoms with Crippen LogP contribution in [0, 0.1) is 5.92 Å². The maximum atomic E-state index is 4.10. The maximum Gasteiger partial charge on any atom is 0.202 e. The molecule has 1 aliphatic rings. The summed E-state index contributed by atoms with van der Waals surface area (Å²) in [5.74, 6) is 0.890. The van der Waals surface area contributed by atoms with E-state index in [-0.39, 0.29) is 0 Å². The first-order valence-electron chi connectivity index (χ1n) is 5.53. The first kappa shape index (κ1) is 10.8. The summed E-state index contributed by atoms with van der Waals surface area (Å²) in [6, 6.07) is 0. The van der Waals surface area contributed by atoms with E-state index in [4.69, 9.17) is 0 Å². The van der Waals surface area contributed by atoms with Crippen molar-refractivity contribution in [1.82, 2.24) is 14.3 Å². The highest BCUT2D eigenvalue weighted by Gasteiger charge is 2.15. The summed E-state index contributed by atoms with van der Waals surface area (Å²) in [5.41, 5.74) is 0. The van der Waals surface area contributed by atoms with Crippen molar-refractivity contribution >= 4 is 16.7 Å². The average molecular weight is 226 g/mol. The molecule has 1 saturated heterocycles. The Bertz CT molecular complexity index is 267. The minimum Gasteiger partial charge on any atom is -0.360 e. The fourth-order valence-electron chi connectivity index (χ4n) is 1.98. The normalized spacial score (nSPS) is 19.3. The molecule has 0 spiro atoms. The molecule has 0 aliphatic carbocycles. The number of hydrogen-bond donors (Lipinski definition) is 1. The van der Waals surface area contributed by atoms with Gasteiger partial charge in [0.15, 0.2) is 0 Å². The topological polar surface area (TPSA) is 41.0 Å².